The van der Waals surface area contributed by atoms with Gasteiger partial charge in [-0.25, -0.2) is 13.4 Å². The molecule has 150 valence electrons. The molecule has 2 heterocycles. The molecular formula is C20H20N4O4S. The van der Waals surface area contributed by atoms with E-state index in [0.29, 0.717) is 37.0 Å². The van der Waals surface area contributed by atoms with E-state index in [9.17, 15) is 8.42 Å². The molecule has 1 aliphatic rings. The lowest BCUT2D eigenvalue weighted by molar-refractivity contribution is 0.265. The number of nitrogens with zero attached hydrogens (tertiary/aromatic N) is 3. The van der Waals surface area contributed by atoms with Crippen molar-refractivity contribution in [3.63, 3.8) is 0 Å². The van der Waals surface area contributed by atoms with Crippen molar-refractivity contribution in [2.75, 3.05) is 20.2 Å². The monoisotopic (exact) mass is 412 g/mol. The molecule has 1 aliphatic heterocycles. The van der Waals surface area contributed by atoms with Gasteiger partial charge < -0.3 is 9.15 Å². The standard InChI is InChI=1S/C20H20N4O4S/c1-27-17-7-9-18(10-8-17)29(25,26)23-24-13-11-16(12-14-24)20-22-21-19(28-20)15-5-3-2-4-6-15/h2-11,23H,12-14H2,1H3. The first kappa shape index (κ1) is 19.3. The Hall–Kier alpha value is -3.01. The van der Waals surface area contributed by atoms with Crippen molar-refractivity contribution < 1.29 is 17.6 Å². The molecule has 0 saturated carbocycles. The molecule has 0 amide bonds. The van der Waals surface area contributed by atoms with E-state index in [1.165, 1.54) is 19.2 Å². The van der Waals surface area contributed by atoms with Crippen molar-refractivity contribution >= 4 is 15.6 Å². The Kier molecular flexibility index (Phi) is 5.43. The van der Waals surface area contributed by atoms with Gasteiger partial charge in [-0.15, -0.1) is 15.0 Å². The number of hydrogen-bond donors (Lipinski definition) is 1. The van der Waals surface area contributed by atoms with Crippen LogP contribution in [0.4, 0.5) is 0 Å². The smallest absolute Gasteiger partial charge is 0.253 e. The first-order valence-electron chi connectivity index (χ1n) is 9.05. The first-order valence-corrected chi connectivity index (χ1v) is 10.5. The molecule has 0 atom stereocenters. The quantitative estimate of drug-likeness (QED) is 0.665. The normalized spacial score (nSPS) is 15.1. The van der Waals surface area contributed by atoms with Gasteiger partial charge in [0.05, 0.1) is 12.0 Å². The van der Waals surface area contributed by atoms with Crippen LogP contribution in [0.25, 0.3) is 17.0 Å². The average molecular weight is 412 g/mol. The largest absolute Gasteiger partial charge is 0.497 e. The van der Waals surface area contributed by atoms with Crippen LogP contribution in [0.3, 0.4) is 0 Å². The summed E-state index contributed by atoms with van der Waals surface area (Å²) in [6, 6.07) is 15.8. The van der Waals surface area contributed by atoms with Crippen molar-refractivity contribution in [1.29, 1.82) is 0 Å². The Morgan fingerprint density at radius 3 is 2.41 bits per heavy atom. The van der Waals surface area contributed by atoms with Gasteiger partial charge in [0.1, 0.15) is 5.75 Å². The SMILES string of the molecule is COc1ccc(S(=O)(=O)NN2CC=C(c3nnc(-c4ccccc4)o3)CC2)cc1. The molecule has 3 aromatic rings. The van der Waals surface area contributed by atoms with E-state index in [-0.39, 0.29) is 4.90 Å². The third-order valence-corrected chi connectivity index (χ3v) is 5.94. The highest BCUT2D eigenvalue weighted by Crippen LogP contribution is 2.25. The molecule has 4 rings (SSSR count). The van der Waals surface area contributed by atoms with Crippen molar-refractivity contribution in [1.82, 2.24) is 20.0 Å². The lowest BCUT2D eigenvalue weighted by Gasteiger charge is -2.25. The summed E-state index contributed by atoms with van der Waals surface area (Å²) < 4.78 is 36.0. The van der Waals surface area contributed by atoms with Gasteiger partial charge in [0.15, 0.2) is 0 Å². The molecule has 0 unspecified atom stereocenters. The van der Waals surface area contributed by atoms with Crippen LogP contribution in [0.2, 0.25) is 0 Å². The molecule has 29 heavy (non-hydrogen) atoms. The summed E-state index contributed by atoms with van der Waals surface area (Å²) in [4.78, 5) is 2.78. The number of ether oxygens (including phenoxy) is 1. The van der Waals surface area contributed by atoms with E-state index in [0.717, 1.165) is 11.1 Å². The van der Waals surface area contributed by atoms with Crippen LogP contribution < -0.4 is 9.57 Å². The zero-order valence-corrected chi connectivity index (χ0v) is 16.6. The maximum atomic E-state index is 12.6. The molecule has 0 aliphatic carbocycles. The number of hydrazine groups is 1. The lowest BCUT2D eigenvalue weighted by atomic mass is 10.1. The zero-order chi connectivity index (χ0) is 20.3. The van der Waals surface area contributed by atoms with Gasteiger partial charge in [-0.1, -0.05) is 24.3 Å². The number of hydrogen-bond acceptors (Lipinski definition) is 7. The summed E-state index contributed by atoms with van der Waals surface area (Å²) in [5, 5.41) is 9.86. The number of aromatic nitrogens is 2. The predicted octanol–water partition coefficient (Wildman–Crippen LogP) is 2.73. The van der Waals surface area contributed by atoms with Gasteiger partial charge in [0.25, 0.3) is 10.0 Å². The molecule has 8 nitrogen and oxygen atoms in total. The second kappa shape index (κ2) is 8.16. The third-order valence-electron chi connectivity index (χ3n) is 4.55. The molecule has 2 aromatic carbocycles. The van der Waals surface area contributed by atoms with E-state index >= 15 is 0 Å². The summed E-state index contributed by atoms with van der Waals surface area (Å²) in [6.45, 7) is 0.887. The molecule has 0 fully saturated rings. The van der Waals surface area contributed by atoms with Crippen LogP contribution in [0, 0.1) is 0 Å². The predicted molar refractivity (Wildman–Crippen MR) is 107 cm³/mol. The van der Waals surface area contributed by atoms with Crippen molar-refractivity contribution in [3.05, 3.63) is 66.6 Å². The third kappa shape index (κ3) is 4.37. The summed E-state index contributed by atoms with van der Waals surface area (Å²) in [6.07, 6.45) is 2.48. The van der Waals surface area contributed by atoms with E-state index < -0.39 is 10.0 Å². The Morgan fingerprint density at radius 2 is 1.76 bits per heavy atom. The van der Waals surface area contributed by atoms with Crippen LogP contribution in [-0.4, -0.2) is 43.8 Å². The van der Waals surface area contributed by atoms with Gasteiger partial charge in [-0.05, 0) is 42.8 Å². The van der Waals surface area contributed by atoms with Crippen molar-refractivity contribution in [3.8, 4) is 17.2 Å². The van der Waals surface area contributed by atoms with Gasteiger partial charge in [0.2, 0.25) is 11.8 Å². The van der Waals surface area contributed by atoms with E-state index in [4.69, 9.17) is 9.15 Å². The van der Waals surface area contributed by atoms with Crippen LogP contribution in [0.1, 0.15) is 12.3 Å². The molecule has 1 N–H and O–H groups in total. The second-order valence-corrected chi connectivity index (χ2v) is 8.13. The number of rotatable bonds is 6. The van der Waals surface area contributed by atoms with Crippen molar-refractivity contribution in [2.45, 2.75) is 11.3 Å². The first-order chi connectivity index (χ1) is 14.0. The fourth-order valence-corrected chi connectivity index (χ4v) is 4.08. The molecule has 0 spiro atoms. The fraction of sp³-hybridized carbons (Fsp3) is 0.200. The Bertz CT molecular complexity index is 1110. The van der Waals surface area contributed by atoms with Gasteiger partial charge in [0, 0.05) is 24.2 Å². The van der Waals surface area contributed by atoms with Gasteiger partial charge in [-0.2, -0.15) is 0 Å². The number of methoxy groups -OCH3 is 1. The highest BCUT2D eigenvalue weighted by atomic mass is 32.2. The number of sulfonamides is 1. The van der Waals surface area contributed by atoms with Crippen LogP contribution in [0.15, 0.2) is 70.0 Å². The minimum absolute atomic E-state index is 0.178. The minimum atomic E-state index is -3.66. The van der Waals surface area contributed by atoms with E-state index in [2.05, 4.69) is 15.0 Å². The maximum absolute atomic E-state index is 12.6. The zero-order valence-electron chi connectivity index (χ0n) is 15.8. The molecule has 9 heteroatoms. The van der Waals surface area contributed by atoms with E-state index in [1.54, 1.807) is 17.1 Å². The summed E-state index contributed by atoms with van der Waals surface area (Å²) in [5.74, 6) is 1.52. The van der Waals surface area contributed by atoms with Gasteiger partial charge in [-0.3, -0.25) is 0 Å². The fourth-order valence-electron chi connectivity index (χ4n) is 2.97. The maximum Gasteiger partial charge on any atom is 0.253 e. The van der Waals surface area contributed by atoms with Crippen LogP contribution >= 0.6 is 0 Å². The molecular weight excluding hydrogens is 392 g/mol. The summed E-state index contributed by atoms with van der Waals surface area (Å²) in [7, 11) is -2.13. The average Bonchev–Trinajstić information content (AvgIpc) is 3.25. The molecule has 1 aromatic heterocycles. The lowest BCUT2D eigenvalue weighted by Crippen LogP contribution is -2.44. The molecule has 0 bridgehead atoms. The minimum Gasteiger partial charge on any atom is -0.497 e. The highest BCUT2D eigenvalue weighted by molar-refractivity contribution is 7.89. The molecule has 0 radical (unpaired) electrons. The van der Waals surface area contributed by atoms with E-state index in [1.807, 2.05) is 36.4 Å². The topological polar surface area (TPSA) is 97.6 Å². The summed E-state index contributed by atoms with van der Waals surface area (Å²) >= 11 is 0. The second-order valence-electron chi connectivity index (χ2n) is 6.47. The number of nitrogens with one attached hydrogen (secondary N) is 1. The Morgan fingerprint density at radius 1 is 1.03 bits per heavy atom. The van der Waals surface area contributed by atoms with Crippen LogP contribution in [0.5, 0.6) is 5.75 Å². The number of benzene rings is 2. The van der Waals surface area contributed by atoms with Gasteiger partial charge >= 0.3 is 0 Å². The Labute approximate surface area is 168 Å². The molecule has 0 saturated heterocycles. The van der Waals surface area contributed by atoms with Crippen LogP contribution in [-0.2, 0) is 10.0 Å². The Balaban J connectivity index is 1.42. The summed E-state index contributed by atoms with van der Waals surface area (Å²) in [5.41, 5.74) is 1.76. The highest BCUT2D eigenvalue weighted by Gasteiger charge is 2.22. The van der Waals surface area contributed by atoms with Crippen molar-refractivity contribution in [2.24, 2.45) is 0 Å².